The van der Waals surface area contributed by atoms with Crippen molar-refractivity contribution in [1.82, 2.24) is 4.98 Å². The molecule has 5 heteroatoms. The molecule has 2 rings (SSSR count). The molecule has 1 heterocycles. The Hall–Kier alpha value is -1.26. The van der Waals surface area contributed by atoms with Crippen LogP contribution in [0.15, 0.2) is 23.7 Å². The summed E-state index contributed by atoms with van der Waals surface area (Å²) < 4.78 is 10.5. The van der Waals surface area contributed by atoms with Crippen LogP contribution in [-0.4, -0.2) is 19.2 Å². The molecule has 0 aliphatic heterocycles. The van der Waals surface area contributed by atoms with E-state index in [1.165, 1.54) is 0 Å². The first-order chi connectivity index (χ1) is 8.30. The molecule has 3 nitrogen and oxygen atoms in total. The minimum atomic E-state index is 0.467. The molecule has 1 aromatic carbocycles. The molecule has 2 aromatic rings. The molecule has 0 unspecified atom stereocenters. The predicted octanol–water partition coefficient (Wildman–Crippen LogP) is 3.57. The summed E-state index contributed by atoms with van der Waals surface area (Å²) >= 11 is 7.42. The predicted molar refractivity (Wildman–Crippen MR) is 70.2 cm³/mol. The number of hydrogen-bond acceptors (Lipinski definition) is 4. The summed E-state index contributed by atoms with van der Waals surface area (Å²) in [5, 5.41) is 0. The minimum absolute atomic E-state index is 0.467. The zero-order valence-electron chi connectivity index (χ0n) is 9.57. The summed E-state index contributed by atoms with van der Waals surface area (Å²) in [7, 11) is 3.23. The molecule has 0 atom stereocenters. The van der Waals surface area contributed by atoms with Crippen LogP contribution in [0.1, 0.15) is 4.88 Å². The van der Waals surface area contributed by atoms with E-state index < -0.39 is 0 Å². The molecule has 90 valence electrons. The average Bonchev–Trinajstić information content (AvgIpc) is 2.86. The average molecular weight is 270 g/mol. The Morgan fingerprint density at radius 3 is 2.65 bits per heavy atom. The van der Waals surface area contributed by atoms with Gasteiger partial charge in [0.25, 0.3) is 0 Å². The molecule has 0 saturated heterocycles. The van der Waals surface area contributed by atoms with Gasteiger partial charge in [0.15, 0.2) is 11.5 Å². The first kappa shape index (κ1) is 12.2. The third kappa shape index (κ3) is 2.37. The van der Waals surface area contributed by atoms with Gasteiger partial charge in [0, 0.05) is 10.4 Å². The van der Waals surface area contributed by atoms with Crippen LogP contribution in [0.25, 0.3) is 11.3 Å². The molecule has 0 amide bonds. The number of nitrogens with zero attached hydrogens (tertiary/aromatic N) is 1. The largest absolute Gasteiger partial charge is 0.493 e. The highest BCUT2D eigenvalue weighted by Gasteiger charge is 2.11. The summed E-state index contributed by atoms with van der Waals surface area (Å²) in [6.45, 7) is 0. The van der Waals surface area contributed by atoms with E-state index in [1.807, 2.05) is 18.2 Å². The van der Waals surface area contributed by atoms with Crippen molar-refractivity contribution in [3.63, 3.8) is 0 Å². The lowest BCUT2D eigenvalue weighted by molar-refractivity contribution is 0.355. The number of methoxy groups -OCH3 is 2. The Balaban J connectivity index is 2.46. The van der Waals surface area contributed by atoms with Crippen molar-refractivity contribution >= 4 is 22.9 Å². The maximum absolute atomic E-state index is 5.87. The number of aromatic nitrogens is 1. The first-order valence-corrected chi connectivity index (χ1v) is 6.42. The lowest BCUT2D eigenvalue weighted by atomic mass is 10.1. The third-order valence-corrected chi connectivity index (χ3v) is 3.68. The van der Waals surface area contributed by atoms with Gasteiger partial charge in [0.05, 0.1) is 31.3 Å². The number of halogens is 1. The molecule has 17 heavy (non-hydrogen) atoms. The molecule has 0 spiro atoms. The van der Waals surface area contributed by atoms with Gasteiger partial charge in [-0.15, -0.1) is 22.9 Å². The van der Waals surface area contributed by atoms with Crippen LogP contribution >= 0.6 is 22.9 Å². The molecule has 0 radical (unpaired) electrons. The van der Waals surface area contributed by atoms with Crippen LogP contribution in [-0.2, 0) is 5.88 Å². The van der Waals surface area contributed by atoms with E-state index in [2.05, 4.69) is 4.98 Å². The molecule has 0 aliphatic rings. The Kier molecular flexibility index (Phi) is 3.86. The number of rotatable bonds is 4. The molecular formula is C12H12ClNO2S. The summed E-state index contributed by atoms with van der Waals surface area (Å²) in [5.41, 5.74) is 3.69. The van der Waals surface area contributed by atoms with Crippen molar-refractivity contribution in [3.05, 3.63) is 28.6 Å². The maximum atomic E-state index is 5.87. The second-order valence-corrected chi connectivity index (χ2v) is 4.53. The molecule has 0 fully saturated rings. The summed E-state index contributed by atoms with van der Waals surface area (Å²) in [5.74, 6) is 1.87. The van der Waals surface area contributed by atoms with Gasteiger partial charge >= 0.3 is 0 Å². The highest BCUT2D eigenvalue weighted by atomic mass is 35.5. The lowest BCUT2D eigenvalue weighted by Gasteiger charge is -2.09. The minimum Gasteiger partial charge on any atom is -0.493 e. The van der Waals surface area contributed by atoms with Gasteiger partial charge in [-0.05, 0) is 18.2 Å². The van der Waals surface area contributed by atoms with E-state index in [1.54, 1.807) is 31.1 Å². The van der Waals surface area contributed by atoms with E-state index >= 15 is 0 Å². The Morgan fingerprint density at radius 2 is 2.00 bits per heavy atom. The topological polar surface area (TPSA) is 31.4 Å². The zero-order chi connectivity index (χ0) is 12.3. The SMILES string of the molecule is COc1ccc(-c2ncsc2CCl)cc1OC. The van der Waals surface area contributed by atoms with Gasteiger partial charge in [-0.25, -0.2) is 4.98 Å². The maximum Gasteiger partial charge on any atom is 0.161 e. The molecule has 0 N–H and O–H groups in total. The number of hydrogen-bond donors (Lipinski definition) is 0. The van der Waals surface area contributed by atoms with Crippen molar-refractivity contribution in [1.29, 1.82) is 0 Å². The lowest BCUT2D eigenvalue weighted by Crippen LogP contribution is -1.91. The number of ether oxygens (including phenoxy) is 2. The molecule has 0 aliphatic carbocycles. The second-order valence-electron chi connectivity index (χ2n) is 3.33. The van der Waals surface area contributed by atoms with E-state index in [0.717, 1.165) is 16.1 Å². The van der Waals surface area contributed by atoms with Gasteiger partial charge in [0.1, 0.15) is 0 Å². The smallest absolute Gasteiger partial charge is 0.161 e. The fourth-order valence-corrected chi connectivity index (χ4v) is 2.53. The van der Waals surface area contributed by atoms with E-state index in [0.29, 0.717) is 17.4 Å². The van der Waals surface area contributed by atoms with Crippen molar-refractivity contribution in [2.75, 3.05) is 14.2 Å². The quantitative estimate of drug-likeness (QED) is 0.795. The summed E-state index contributed by atoms with van der Waals surface area (Å²) in [6, 6.07) is 5.72. The standard InChI is InChI=1S/C12H12ClNO2S/c1-15-9-4-3-8(5-10(9)16-2)12-11(6-13)17-7-14-12/h3-5,7H,6H2,1-2H3. The number of benzene rings is 1. The van der Waals surface area contributed by atoms with E-state index in [9.17, 15) is 0 Å². The van der Waals surface area contributed by atoms with Crippen LogP contribution in [0.2, 0.25) is 0 Å². The first-order valence-electron chi connectivity index (χ1n) is 5.01. The Labute approximate surface area is 109 Å². The Morgan fingerprint density at radius 1 is 1.24 bits per heavy atom. The van der Waals surface area contributed by atoms with Gasteiger partial charge in [-0.3, -0.25) is 0 Å². The van der Waals surface area contributed by atoms with Gasteiger partial charge in [0.2, 0.25) is 0 Å². The van der Waals surface area contributed by atoms with Crippen molar-refractivity contribution in [2.24, 2.45) is 0 Å². The van der Waals surface area contributed by atoms with Crippen LogP contribution in [0.3, 0.4) is 0 Å². The molecule has 0 saturated carbocycles. The highest BCUT2D eigenvalue weighted by Crippen LogP contribution is 2.34. The molecule has 0 bridgehead atoms. The second kappa shape index (κ2) is 5.38. The summed E-state index contributed by atoms with van der Waals surface area (Å²) in [4.78, 5) is 5.38. The monoisotopic (exact) mass is 269 g/mol. The van der Waals surface area contributed by atoms with Crippen LogP contribution in [0.4, 0.5) is 0 Å². The fraction of sp³-hybridized carbons (Fsp3) is 0.250. The summed E-state index contributed by atoms with van der Waals surface area (Å²) in [6.07, 6.45) is 0. The van der Waals surface area contributed by atoms with Gasteiger partial charge in [-0.1, -0.05) is 0 Å². The number of alkyl halides is 1. The van der Waals surface area contributed by atoms with E-state index in [-0.39, 0.29) is 0 Å². The highest BCUT2D eigenvalue weighted by molar-refractivity contribution is 7.10. The fourth-order valence-electron chi connectivity index (χ4n) is 1.58. The van der Waals surface area contributed by atoms with Crippen molar-refractivity contribution in [2.45, 2.75) is 5.88 Å². The van der Waals surface area contributed by atoms with Crippen LogP contribution in [0.5, 0.6) is 11.5 Å². The zero-order valence-corrected chi connectivity index (χ0v) is 11.1. The van der Waals surface area contributed by atoms with Gasteiger partial charge in [-0.2, -0.15) is 0 Å². The molecule has 1 aromatic heterocycles. The van der Waals surface area contributed by atoms with Crippen LogP contribution in [0, 0.1) is 0 Å². The van der Waals surface area contributed by atoms with E-state index in [4.69, 9.17) is 21.1 Å². The Bertz CT molecular complexity index is 513. The molecular weight excluding hydrogens is 258 g/mol. The normalized spacial score (nSPS) is 10.3. The van der Waals surface area contributed by atoms with Crippen LogP contribution < -0.4 is 9.47 Å². The van der Waals surface area contributed by atoms with Gasteiger partial charge < -0.3 is 9.47 Å². The number of thiazole rings is 1. The third-order valence-electron chi connectivity index (χ3n) is 2.42. The van der Waals surface area contributed by atoms with Crippen molar-refractivity contribution < 1.29 is 9.47 Å². The van der Waals surface area contributed by atoms with Crippen molar-refractivity contribution in [3.8, 4) is 22.8 Å².